The van der Waals surface area contributed by atoms with E-state index in [4.69, 9.17) is 16.9 Å². The van der Waals surface area contributed by atoms with Gasteiger partial charge in [0.25, 0.3) is 5.91 Å². The molecule has 8 heteroatoms. The van der Waals surface area contributed by atoms with Crippen LogP contribution in [0.25, 0.3) is 0 Å². The number of rotatable bonds is 4. The number of benzene rings is 2. The average molecular weight is 392 g/mol. The fourth-order valence-corrected chi connectivity index (χ4v) is 3.23. The molecular weight excluding hydrogens is 376 g/mol. The van der Waals surface area contributed by atoms with Crippen LogP contribution in [0.15, 0.2) is 30.3 Å². The highest BCUT2D eigenvalue weighted by Gasteiger charge is 2.35. The summed E-state index contributed by atoms with van der Waals surface area (Å²) < 4.78 is 26.9. The van der Waals surface area contributed by atoms with Crippen molar-refractivity contribution in [2.45, 2.75) is 18.9 Å². The predicted octanol–water partition coefficient (Wildman–Crippen LogP) is 3.24. The molecule has 2 aromatic rings. The molecule has 1 heterocycles. The zero-order valence-corrected chi connectivity index (χ0v) is 15.1. The molecule has 0 unspecified atom stereocenters. The summed E-state index contributed by atoms with van der Waals surface area (Å²) in [5.41, 5.74) is -0.108. The monoisotopic (exact) mass is 391 g/mol. The lowest BCUT2D eigenvalue weighted by Crippen LogP contribution is -2.49. The smallest absolute Gasteiger partial charge is 0.257 e. The Morgan fingerprint density at radius 3 is 2.74 bits per heavy atom. The Hall–Kier alpha value is -2.69. The topological polar surface area (TPSA) is 76.4 Å². The van der Waals surface area contributed by atoms with Gasteiger partial charge in [-0.3, -0.25) is 4.79 Å². The Balaban J connectivity index is 1.74. The van der Waals surface area contributed by atoms with Gasteiger partial charge in [-0.2, -0.15) is 5.26 Å². The third-order valence-corrected chi connectivity index (χ3v) is 4.76. The van der Waals surface area contributed by atoms with Crippen molar-refractivity contribution in [3.63, 3.8) is 0 Å². The van der Waals surface area contributed by atoms with Gasteiger partial charge < -0.3 is 15.3 Å². The molecule has 0 saturated carbocycles. The maximum Gasteiger partial charge on any atom is 0.257 e. The predicted molar refractivity (Wildman–Crippen MR) is 97.7 cm³/mol. The second kappa shape index (κ2) is 7.14. The largest absolute Gasteiger partial charge is 0.378 e. The highest BCUT2D eigenvalue weighted by atomic mass is 35.5. The number of amides is 1. The summed E-state index contributed by atoms with van der Waals surface area (Å²) in [5, 5.41) is 22.2. The fourth-order valence-electron chi connectivity index (χ4n) is 3.00. The van der Waals surface area contributed by atoms with Crippen LogP contribution in [0.2, 0.25) is 5.02 Å². The molecule has 1 atom stereocenters. The Morgan fingerprint density at radius 2 is 2.07 bits per heavy atom. The summed E-state index contributed by atoms with van der Waals surface area (Å²) in [6.07, 6.45) is 0.495. The molecule has 0 saturated heterocycles. The Morgan fingerprint density at radius 1 is 1.37 bits per heavy atom. The van der Waals surface area contributed by atoms with E-state index in [1.165, 1.54) is 25.1 Å². The number of hydrogen-bond acceptors (Lipinski definition) is 4. The maximum absolute atomic E-state index is 13.5. The molecule has 1 aliphatic heterocycles. The number of nitrogens with zero attached hydrogens (tertiary/aromatic N) is 2. The summed E-state index contributed by atoms with van der Waals surface area (Å²) in [7, 11) is 0. The second-order valence-corrected chi connectivity index (χ2v) is 7.01. The minimum absolute atomic E-state index is 0.0963. The molecule has 3 rings (SSSR count). The van der Waals surface area contributed by atoms with Crippen LogP contribution >= 0.6 is 11.6 Å². The molecule has 0 fully saturated rings. The van der Waals surface area contributed by atoms with Crippen LogP contribution in [0.3, 0.4) is 0 Å². The number of anilines is 2. The number of carbonyl (C=O) groups is 1. The number of nitrogens with one attached hydrogen (secondary N) is 1. The molecule has 0 bridgehead atoms. The molecule has 27 heavy (non-hydrogen) atoms. The van der Waals surface area contributed by atoms with Gasteiger partial charge in [-0.05, 0) is 43.2 Å². The van der Waals surface area contributed by atoms with Crippen LogP contribution in [0.4, 0.5) is 20.2 Å². The van der Waals surface area contributed by atoms with Crippen LogP contribution in [-0.2, 0) is 11.2 Å². The van der Waals surface area contributed by atoms with Crippen LogP contribution in [0.1, 0.15) is 18.1 Å². The van der Waals surface area contributed by atoms with Crippen molar-refractivity contribution >= 4 is 28.9 Å². The molecule has 0 radical (unpaired) electrons. The number of aliphatic hydroxyl groups is 1. The third kappa shape index (κ3) is 3.87. The molecule has 1 amide bonds. The molecule has 140 valence electrons. The first kappa shape index (κ1) is 19.1. The van der Waals surface area contributed by atoms with Gasteiger partial charge >= 0.3 is 0 Å². The van der Waals surface area contributed by atoms with Gasteiger partial charge in [-0.1, -0.05) is 11.6 Å². The molecule has 2 aromatic carbocycles. The zero-order chi connectivity index (χ0) is 19.8. The molecule has 0 spiro atoms. The van der Waals surface area contributed by atoms with Gasteiger partial charge in [0.15, 0.2) is 17.2 Å². The lowest BCUT2D eigenvalue weighted by Gasteiger charge is -2.29. The normalized spacial score (nSPS) is 15.0. The van der Waals surface area contributed by atoms with Crippen molar-refractivity contribution in [3.8, 4) is 6.07 Å². The van der Waals surface area contributed by atoms with E-state index in [9.17, 15) is 18.7 Å². The van der Waals surface area contributed by atoms with E-state index in [1.807, 2.05) is 6.07 Å². The minimum atomic E-state index is -1.80. The number of carbonyl (C=O) groups excluding carboxylic acids is 1. The van der Waals surface area contributed by atoms with E-state index in [0.29, 0.717) is 29.9 Å². The number of nitriles is 1. The van der Waals surface area contributed by atoms with E-state index in [0.717, 1.165) is 12.1 Å². The van der Waals surface area contributed by atoms with Gasteiger partial charge in [0.1, 0.15) is 6.07 Å². The molecule has 1 aliphatic rings. The van der Waals surface area contributed by atoms with Gasteiger partial charge in [-0.15, -0.1) is 0 Å². The summed E-state index contributed by atoms with van der Waals surface area (Å²) in [6, 6.07) is 8.50. The third-order valence-electron chi connectivity index (χ3n) is 4.45. The molecule has 0 aromatic heterocycles. The molecular formula is C19H16ClF2N3O2. The van der Waals surface area contributed by atoms with Crippen molar-refractivity contribution < 1.29 is 18.7 Å². The SMILES string of the molecule is C[C@](O)(CN1CCc2cc(F)c(F)cc21)C(=O)Nc1ccc(C#N)c(Cl)c1. The zero-order valence-electron chi connectivity index (χ0n) is 14.4. The van der Waals surface area contributed by atoms with Gasteiger partial charge in [-0.25, -0.2) is 8.78 Å². The van der Waals surface area contributed by atoms with Crippen molar-refractivity contribution in [2.75, 3.05) is 23.3 Å². The van der Waals surface area contributed by atoms with E-state index in [-0.39, 0.29) is 17.1 Å². The second-order valence-electron chi connectivity index (χ2n) is 6.60. The Labute approximate surface area is 159 Å². The fraction of sp³-hybridized carbons (Fsp3) is 0.263. The summed E-state index contributed by atoms with van der Waals surface area (Å²) in [4.78, 5) is 14.1. The molecule has 2 N–H and O–H groups in total. The first-order valence-corrected chi connectivity index (χ1v) is 8.55. The van der Waals surface area contributed by atoms with Gasteiger partial charge in [0.05, 0.1) is 17.1 Å². The first-order valence-electron chi connectivity index (χ1n) is 8.17. The van der Waals surface area contributed by atoms with Crippen molar-refractivity contribution in [1.29, 1.82) is 5.26 Å². The highest BCUT2D eigenvalue weighted by Crippen LogP contribution is 2.31. The molecule has 0 aliphatic carbocycles. The van der Waals surface area contributed by atoms with Crippen LogP contribution in [-0.4, -0.2) is 29.7 Å². The van der Waals surface area contributed by atoms with Gasteiger partial charge in [0.2, 0.25) is 0 Å². The van der Waals surface area contributed by atoms with Crippen LogP contribution in [0.5, 0.6) is 0 Å². The number of halogens is 3. The maximum atomic E-state index is 13.5. The lowest BCUT2D eigenvalue weighted by atomic mass is 10.0. The summed E-state index contributed by atoms with van der Waals surface area (Å²) in [5.74, 6) is -2.57. The number of hydrogen-bond donors (Lipinski definition) is 2. The van der Waals surface area contributed by atoms with Crippen molar-refractivity contribution in [2.24, 2.45) is 0 Å². The minimum Gasteiger partial charge on any atom is -0.378 e. The van der Waals surface area contributed by atoms with Gasteiger partial charge in [0, 0.05) is 24.0 Å². The van der Waals surface area contributed by atoms with E-state index in [2.05, 4.69) is 5.32 Å². The van der Waals surface area contributed by atoms with Crippen LogP contribution in [0, 0.1) is 23.0 Å². The standard InChI is InChI=1S/C19H16ClF2N3O2/c1-19(27,18(26)24-13-3-2-12(9-23)14(20)7-13)10-25-5-4-11-6-15(21)16(22)8-17(11)25/h2-3,6-8,27H,4-5,10H2,1H3,(H,24,26)/t19-/m0/s1. The Kier molecular flexibility index (Phi) is 5.05. The van der Waals surface area contributed by atoms with Crippen LogP contribution < -0.4 is 10.2 Å². The molecule has 5 nitrogen and oxygen atoms in total. The highest BCUT2D eigenvalue weighted by molar-refractivity contribution is 6.32. The quantitative estimate of drug-likeness (QED) is 0.838. The summed E-state index contributed by atoms with van der Waals surface area (Å²) >= 11 is 5.94. The van der Waals surface area contributed by atoms with E-state index >= 15 is 0 Å². The lowest BCUT2D eigenvalue weighted by molar-refractivity contribution is -0.131. The summed E-state index contributed by atoms with van der Waals surface area (Å²) in [6.45, 7) is 1.68. The number of β-amino-alcohol motifs (C(OH)–C–C–N with tert-alkyl or cyclic N) is 1. The van der Waals surface area contributed by atoms with E-state index in [1.54, 1.807) is 4.90 Å². The van der Waals surface area contributed by atoms with Crippen molar-refractivity contribution in [1.82, 2.24) is 0 Å². The first-order chi connectivity index (χ1) is 12.7. The van der Waals surface area contributed by atoms with Crippen molar-refractivity contribution in [3.05, 3.63) is 58.1 Å². The number of fused-ring (bicyclic) bond motifs is 1. The Bertz CT molecular complexity index is 957. The van der Waals surface area contributed by atoms with E-state index < -0.39 is 23.1 Å². The average Bonchev–Trinajstić information content (AvgIpc) is 2.96.